The second-order valence-electron chi connectivity index (χ2n) is 5.30. The first-order chi connectivity index (χ1) is 9.13. The molecule has 1 N–H and O–H groups in total. The Morgan fingerprint density at radius 2 is 2.00 bits per heavy atom. The van der Waals surface area contributed by atoms with E-state index in [1.807, 2.05) is 6.92 Å². The van der Waals surface area contributed by atoms with Crippen molar-refractivity contribution < 1.29 is 9.53 Å². The highest BCUT2D eigenvalue weighted by Gasteiger charge is 2.44. The first-order valence-corrected chi connectivity index (χ1v) is 7.79. The van der Waals surface area contributed by atoms with Crippen LogP contribution in [0.1, 0.15) is 53.4 Å². The predicted molar refractivity (Wildman–Crippen MR) is 78.2 cm³/mol. The minimum Gasteiger partial charge on any atom is -0.465 e. The lowest BCUT2D eigenvalue weighted by atomic mass is 9.78. The second kappa shape index (κ2) is 7.85. The minimum atomic E-state index is -0.462. The molecule has 0 spiro atoms. The molecule has 0 bridgehead atoms. The number of rotatable bonds is 7. The van der Waals surface area contributed by atoms with Crippen LogP contribution in [0.3, 0.4) is 0 Å². The van der Waals surface area contributed by atoms with Gasteiger partial charge in [-0.3, -0.25) is 4.79 Å². The molecule has 1 rings (SSSR count). The lowest BCUT2D eigenvalue weighted by molar-refractivity contribution is -0.153. The summed E-state index contributed by atoms with van der Waals surface area (Å²) >= 11 is 0. The van der Waals surface area contributed by atoms with Crippen molar-refractivity contribution in [1.29, 1.82) is 0 Å². The molecule has 112 valence electrons. The van der Waals surface area contributed by atoms with Gasteiger partial charge in [-0.1, -0.05) is 20.8 Å². The van der Waals surface area contributed by atoms with E-state index >= 15 is 0 Å². The largest absolute Gasteiger partial charge is 0.465 e. The summed E-state index contributed by atoms with van der Waals surface area (Å²) in [6, 6.07) is 0.493. The number of carbonyl (C=O) groups is 1. The van der Waals surface area contributed by atoms with Crippen LogP contribution in [-0.2, 0) is 9.53 Å². The number of carbonyl (C=O) groups excluding carboxylic acids is 1. The average molecular weight is 270 g/mol. The Morgan fingerprint density at radius 1 is 1.32 bits per heavy atom. The summed E-state index contributed by atoms with van der Waals surface area (Å²) in [6.45, 7) is 11.7. The average Bonchev–Trinajstić information content (AvgIpc) is 2.41. The van der Waals surface area contributed by atoms with E-state index in [-0.39, 0.29) is 5.97 Å². The van der Waals surface area contributed by atoms with Crippen molar-refractivity contribution in [2.75, 3.05) is 26.2 Å². The zero-order valence-electron chi connectivity index (χ0n) is 13.0. The fourth-order valence-electron chi connectivity index (χ4n) is 3.32. The fourth-order valence-corrected chi connectivity index (χ4v) is 3.32. The van der Waals surface area contributed by atoms with Gasteiger partial charge in [-0.05, 0) is 52.2 Å². The topological polar surface area (TPSA) is 41.6 Å². The summed E-state index contributed by atoms with van der Waals surface area (Å²) in [7, 11) is 0. The maximum Gasteiger partial charge on any atom is 0.326 e. The van der Waals surface area contributed by atoms with Gasteiger partial charge in [-0.15, -0.1) is 0 Å². The predicted octanol–water partition coefficient (Wildman–Crippen LogP) is 2.18. The number of esters is 1. The monoisotopic (exact) mass is 270 g/mol. The molecule has 0 aliphatic heterocycles. The van der Waals surface area contributed by atoms with Gasteiger partial charge in [-0.25, -0.2) is 0 Å². The van der Waals surface area contributed by atoms with Crippen molar-refractivity contribution in [3.05, 3.63) is 0 Å². The van der Waals surface area contributed by atoms with Gasteiger partial charge in [-0.2, -0.15) is 0 Å². The quantitative estimate of drug-likeness (QED) is 0.720. The fraction of sp³-hybridized carbons (Fsp3) is 0.933. The van der Waals surface area contributed by atoms with Gasteiger partial charge in [0.15, 0.2) is 0 Å². The highest BCUT2D eigenvalue weighted by atomic mass is 16.5. The Kier molecular flexibility index (Phi) is 6.80. The number of hydrogen-bond acceptors (Lipinski definition) is 4. The van der Waals surface area contributed by atoms with E-state index in [1.54, 1.807) is 0 Å². The molecule has 4 nitrogen and oxygen atoms in total. The number of likely N-dealkylation sites (N-methyl/N-ethyl adjacent to an activating group) is 1. The standard InChI is InChI=1S/C15H30N2O2/c1-5-16-15(14(18)19-8-4)11-9-10-13(12-15)17(6-2)7-3/h13,16H,5-12H2,1-4H3. The van der Waals surface area contributed by atoms with Crippen LogP contribution in [0.25, 0.3) is 0 Å². The SMILES string of the molecule is CCNC1(C(=O)OCC)CCCC(N(CC)CC)C1. The smallest absolute Gasteiger partial charge is 0.326 e. The molecule has 0 amide bonds. The van der Waals surface area contributed by atoms with Crippen LogP contribution in [0.4, 0.5) is 0 Å². The van der Waals surface area contributed by atoms with Crippen molar-refractivity contribution in [1.82, 2.24) is 10.2 Å². The summed E-state index contributed by atoms with van der Waals surface area (Å²) in [5.41, 5.74) is -0.462. The summed E-state index contributed by atoms with van der Waals surface area (Å²) < 4.78 is 5.31. The van der Waals surface area contributed by atoms with E-state index in [0.717, 1.165) is 38.9 Å². The lowest BCUT2D eigenvalue weighted by Gasteiger charge is -2.43. The Balaban J connectivity index is 2.82. The molecular formula is C15H30N2O2. The highest BCUT2D eigenvalue weighted by Crippen LogP contribution is 2.32. The third-order valence-electron chi connectivity index (χ3n) is 4.24. The van der Waals surface area contributed by atoms with E-state index in [2.05, 4.69) is 31.0 Å². The molecule has 2 unspecified atom stereocenters. The molecule has 0 heterocycles. The Hall–Kier alpha value is -0.610. The van der Waals surface area contributed by atoms with Gasteiger partial charge in [0.2, 0.25) is 0 Å². The molecule has 0 saturated heterocycles. The van der Waals surface area contributed by atoms with Crippen LogP contribution in [0.2, 0.25) is 0 Å². The molecule has 1 saturated carbocycles. The highest BCUT2D eigenvalue weighted by molar-refractivity contribution is 5.81. The molecule has 1 aliphatic carbocycles. The van der Waals surface area contributed by atoms with E-state index in [9.17, 15) is 4.79 Å². The van der Waals surface area contributed by atoms with Gasteiger partial charge in [0.1, 0.15) is 5.54 Å². The third kappa shape index (κ3) is 3.93. The van der Waals surface area contributed by atoms with Crippen LogP contribution in [-0.4, -0.2) is 48.7 Å². The van der Waals surface area contributed by atoms with E-state index in [0.29, 0.717) is 12.6 Å². The summed E-state index contributed by atoms with van der Waals surface area (Å²) in [6.07, 6.45) is 4.06. The second-order valence-corrected chi connectivity index (χ2v) is 5.30. The summed E-state index contributed by atoms with van der Waals surface area (Å²) in [4.78, 5) is 14.8. The van der Waals surface area contributed by atoms with Crippen LogP contribution in [0.5, 0.6) is 0 Å². The zero-order valence-corrected chi connectivity index (χ0v) is 13.0. The third-order valence-corrected chi connectivity index (χ3v) is 4.24. The van der Waals surface area contributed by atoms with Gasteiger partial charge in [0.05, 0.1) is 6.61 Å². The van der Waals surface area contributed by atoms with Crippen molar-refractivity contribution in [2.24, 2.45) is 0 Å². The summed E-state index contributed by atoms with van der Waals surface area (Å²) in [5.74, 6) is -0.0614. The normalized spacial score (nSPS) is 27.5. The molecule has 19 heavy (non-hydrogen) atoms. The van der Waals surface area contributed by atoms with Crippen LogP contribution in [0.15, 0.2) is 0 Å². The van der Waals surface area contributed by atoms with Crippen molar-refractivity contribution >= 4 is 5.97 Å². The number of hydrogen-bond donors (Lipinski definition) is 1. The molecule has 0 aromatic heterocycles. The van der Waals surface area contributed by atoms with Gasteiger partial charge in [0, 0.05) is 6.04 Å². The Labute approximate surface area is 117 Å². The van der Waals surface area contributed by atoms with Crippen LogP contribution in [0, 0.1) is 0 Å². The van der Waals surface area contributed by atoms with E-state index in [4.69, 9.17) is 4.74 Å². The van der Waals surface area contributed by atoms with Crippen molar-refractivity contribution in [3.8, 4) is 0 Å². The van der Waals surface area contributed by atoms with Crippen molar-refractivity contribution in [3.63, 3.8) is 0 Å². The number of nitrogens with one attached hydrogen (secondary N) is 1. The van der Waals surface area contributed by atoms with Gasteiger partial charge < -0.3 is 15.0 Å². The van der Waals surface area contributed by atoms with E-state index < -0.39 is 5.54 Å². The molecule has 1 fully saturated rings. The molecule has 2 atom stereocenters. The van der Waals surface area contributed by atoms with Crippen LogP contribution >= 0.6 is 0 Å². The molecule has 0 aromatic carbocycles. The lowest BCUT2D eigenvalue weighted by Crippen LogP contribution is -2.58. The van der Waals surface area contributed by atoms with Crippen LogP contribution < -0.4 is 5.32 Å². The first kappa shape index (κ1) is 16.4. The molecule has 4 heteroatoms. The minimum absolute atomic E-state index is 0.0614. The Morgan fingerprint density at radius 3 is 2.53 bits per heavy atom. The van der Waals surface area contributed by atoms with Gasteiger partial charge in [0.25, 0.3) is 0 Å². The number of ether oxygens (including phenoxy) is 1. The maximum absolute atomic E-state index is 12.4. The van der Waals surface area contributed by atoms with Gasteiger partial charge >= 0.3 is 5.97 Å². The van der Waals surface area contributed by atoms with Crippen molar-refractivity contribution in [2.45, 2.75) is 65.0 Å². The summed E-state index contributed by atoms with van der Waals surface area (Å²) in [5, 5.41) is 3.41. The molecule has 1 aliphatic rings. The molecule has 0 radical (unpaired) electrons. The zero-order chi connectivity index (χ0) is 14.3. The number of nitrogens with zero attached hydrogens (tertiary/aromatic N) is 1. The molecular weight excluding hydrogens is 240 g/mol. The molecule has 0 aromatic rings. The first-order valence-electron chi connectivity index (χ1n) is 7.79. The Bertz CT molecular complexity index is 275. The maximum atomic E-state index is 12.4. The van der Waals surface area contributed by atoms with E-state index in [1.165, 1.54) is 6.42 Å².